The zero-order valence-electron chi connectivity index (χ0n) is 10.6. The summed E-state index contributed by atoms with van der Waals surface area (Å²) in [5.41, 5.74) is 1.47. The summed E-state index contributed by atoms with van der Waals surface area (Å²) in [6, 6.07) is 4.86. The molecule has 2 aromatic rings. The highest BCUT2D eigenvalue weighted by atomic mass is 16.5. The van der Waals surface area contributed by atoms with Crippen molar-refractivity contribution >= 4 is 17.1 Å². The topological polar surface area (TPSA) is 61.4 Å². The van der Waals surface area contributed by atoms with Crippen LogP contribution in [0.2, 0.25) is 0 Å². The van der Waals surface area contributed by atoms with Gasteiger partial charge >= 0.3 is 11.7 Å². The van der Waals surface area contributed by atoms with Gasteiger partial charge in [0.1, 0.15) is 0 Å². The van der Waals surface area contributed by atoms with E-state index in [9.17, 15) is 9.59 Å². The van der Waals surface area contributed by atoms with Crippen LogP contribution in [0.3, 0.4) is 0 Å². The smallest absolute Gasteiger partial charge is 0.419 e. The van der Waals surface area contributed by atoms with Crippen LogP contribution in [-0.2, 0) is 11.3 Å². The molecule has 0 aliphatic rings. The molecule has 5 heteroatoms. The molecule has 96 valence electrons. The number of carbonyl (C=O) groups is 1. The number of aromatic nitrogens is 1. The van der Waals surface area contributed by atoms with Gasteiger partial charge in [-0.2, -0.15) is 0 Å². The number of rotatable bonds is 3. The number of nitrogens with zero attached hydrogens (tertiary/aromatic N) is 1. The Balaban J connectivity index is 2.54. The van der Waals surface area contributed by atoms with Crippen LogP contribution < -0.4 is 5.76 Å². The molecule has 0 aliphatic heterocycles. The van der Waals surface area contributed by atoms with Gasteiger partial charge in [0.15, 0.2) is 5.58 Å². The summed E-state index contributed by atoms with van der Waals surface area (Å²) in [7, 11) is 1.31. The van der Waals surface area contributed by atoms with Crippen LogP contribution in [0.5, 0.6) is 0 Å². The van der Waals surface area contributed by atoms with E-state index in [-0.39, 0.29) is 0 Å². The number of carbonyl (C=O) groups excluding carboxylic acids is 1. The fraction of sp³-hybridized carbons (Fsp3) is 0.385. The molecular formula is C13H15NO4. The molecule has 0 radical (unpaired) electrons. The maximum atomic E-state index is 11.7. The molecule has 0 amide bonds. The molecule has 2 rings (SSSR count). The molecule has 18 heavy (non-hydrogen) atoms. The van der Waals surface area contributed by atoms with Gasteiger partial charge in [-0.15, -0.1) is 0 Å². The molecule has 0 unspecified atom stereocenters. The van der Waals surface area contributed by atoms with Crippen molar-refractivity contribution in [2.24, 2.45) is 5.92 Å². The van der Waals surface area contributed by atoms with Crippen molar-refractivity contribution in [3.8, 4) is 0 Å². The molecule has 0 fully saturated rings. The Morgan fingerprint density at radius 2 is 2.17 bits per heavy atom. The second kappa shape index (κ2) is 4.68. The average Bonchev–Trinajstić information content (AvgIpc) is 2.63. The van der Waals surface area contributed by atoms with Crippen molar-refractivity contribution in [2.75, 3.05) is 7.11 Å². The number of benzene rings is 1. The van der Waals surface area contributed by atoms with E-state index in [4.69, 9.17) is 4.42 Å². The van der Waals surface area contributed by atoms with Gasteiger partial charge in [0.05, 0.1) is 18.2 Å². The van der Waals surface area contributed by atoms with Gasteiger partial charge in [-0.05, 0) is 24.1 Å². The third-order valence-corrected chi connectivity index (χ3v) is 2.64. The van der Waals surface area contributed by atoms with E-state index in [1.165, 1.54) is 13.2 Å². The molecule has 1 aromatic heterocycles. The Bertz CT molecular complexity index is 636. The summed E-state index contributed by atoms with van der Waals surface area (Å²) in [4.78, 5) is 23.1. The Labute approximate surface area is 104 Å². The standard InChI is InChI=1S/C13H15NO4/c1-8(2)7-14-10-5-4-9(12(15)17-3)6-11(10)18-13(14)16/h4-6,8H,7H2,1-3H3. The zero-order valence-corrected chi connectivity index (χ0v) is 10.6. The molecule has 0 bridgehead atoms. The van der Waals surface area contributed by atoms with Gasteiger partial charge in [-0.1, -0.05) is 13.8 Å². The van der Waals surface area contributed by atoms with E-state index in [1.54, 1.807) is 16.7 Å². The van der Waals surface area contributed by atoms with Gasteiger partial charge in [0.25, 0.3) is 0 Å². The van der Waals surface area contributed by atoms with Crippen molar-refractivity contribution in [3.63, 3.8) is 0 Å². The lowest BCUT2D eigenvalue weighted by molar-refractivity contribution is 0.0601. The highest BCUT2D eigenvalue weighted by molar-refractivity contribution is 5.93. The molecule has 0 atom stereocenters. The molecular weight excluding hydrogens is 234 g/mol. The fourth-order valence-electron chi connectivity index (χ4n) is 1.85. The van der Waals surface area contributed by atoms with Gasteiger partial charge < -0.3 is 9.15 Å². The number of esters is 1. The largest absolute Gasteiger partial charge is 0.465 e. The molecule has 0 spiro atoms. The predicted molar refractivity (Wildman–Crippen MR) is 66.7 cm³/mol. The first-order chi connectivity index (χ1) is 8.52. The Morgan fingerprint density at radius 1 is 1.44 bits per heavy atom. The summed E-state index contributed by atoms with van der Waals surface area (Å²) in [6.07, 6.45) is 0. The van der Waals surface area contributed by atoms with Crippen LogP contribution >= 0.6 is 0 Å². The second-order valence-corrected chi connectivity index (χ2v) is 4.55. The fourth-order valence-corrected chi connectivity index (χ4v) is 1.85. The number of ether oxygens (including phenoxy) is 1. The van der Waals surface area contributed by atoms with Crippen LogP contribution in [0.25, 0.3) is 11.1 Å². The summed E-state index contributed by atoms with van der Waals surface area (Å²) in [5.74, 6) is -0.513. The van der Waals surface area contributed by atoms with Crippen LogP contribution in [0.1, 0.15) is 24.2 Å². The average molecular weight is 249 g/mol. The number of hydrogen-bond donors (Lipinski definition) is 0. The summed E-state index contributed by atoms with van der Waals surface area (Å²) < 4.78 is 11.3. The number of hydrogen-bond acceptors (Lipinski definition) is 4. The number of oxazole rings is 1. The summed E-state index contributed by atoms with van der Waals surface area (Å²) in [5, 5.41) is 0. The van der Waals surface area contributed by atoms with Gasteiger partial charge in [0, 0.05) is 6.54 Å². The van der Waals surface area contributed by atoms with Gasteiger partial charge in [-0.3, -0.25) is 4.57 Å². The van der Waals surface area contributed by atoms with Crippen molar-refractivity contribution in [3.05, 3.63) is 34.3 Å². The quantitative estimate of drug-likeness (QED) is 0.781. The molecule has 1 heterocycles. The third-order valence-electron chi connectivity index (χ3n) is 2.64. The Kier molecular flexibility index (Phi) is 3.23. The number of fused-ring (bicyclic) bond motifs is 1. The zero-order chi connectivity index (χ0) is 13.3. The summed E-state index contributed by atoms with van der Waals surface area (Å²) >= 11 is 0. The molecule has 5 nitrogen and oxygen atoms in total. The van der Waals surface area contributed by atoms with Crippen molar-refractivity contribution in [1.82, 2.24) is 4.57 Å². The lowest BCUT2D eigenvalue weighted by Crippen LogP contribution is -2.17. The van der Waals surface area contributed by atoms with Crippen LogP contribution in [0, 0.1) is 5.92 Å². The minimum atomic E-state index is -0.448. The van der Waals surface area contributed by atoms with Crippen LogP contribution in [-0.4, -0.2) is 17.6 Å². The SMILES string of the molecule is COC(=O)c1ccc2c(c1)oc(=O)n2CC(C)C. The van der Waals surface area contributed by atoms with Crippen molar-refractivity contribution in [1.29, 1.82) is 0 Å². The van der Waals surface area contributed by atoms with E-state index in [2.05, 4.69) is 4.74 Å². The van der Waals surface area contributed by atoms with E-state index in [0.717, 1.165) is 0 Å². The molecule has 0 aliphatic carbocycles. The molecule has 1 aromatic carbocycles. The molecule has 0 saturated heterocycles. The van der Waals surface area contributed by atoms with E-state index in [1.807, 2.05) is 13.8 Å². The van der Waals surface area contributed by atoms with Crippen LogP contribution in [0.4, 0.5) is 0 Å². The highest BCUT2D eigenvalue weighted by Crippen LogP contribution is 2.16. The lowest BCUT2D eigenvalue weighted by atomic mass is 10.2. The third kappa shape index (κ3) is 2.16. The van der Waals surface area contributed by atoms with Gasteiger partial charge in [0.2, 0.25) is 0 Å². The Hall–Kier alpha value is -2.04. The first kappa shape index (κ1) is 12.4. The van der Waals surface area contributed by atoms with Crippen molar-refractivity contribution < 1.29 is 13.9 Å². The number of methoxy groups -OCH3 is 1. The first-order valence-electron chi connectivity index (χ1n) is 5.74. The second-order valence-electron chi connectivity index (χ2n) is 4.55. The maximum Gasteiger partial charge on any atom is 0.419 e. The van der Waals surface area contributed by atoms with Crippen molar-refractivity contribution in [2.45, 2.75) is 20.4 Å². The van der Waals surface area contributed by atoms with E-state index >= 15 is 0 Å². The first-order valence-corrected chi connectivity index (χ1v) is 5.74. The van der Waals surface area contributed by atoms with E-state index < -0.39 is 11.7 Å². The predicted octanol–water partition coefficient (Wildman–Crippen LogP) is 2.04. The van der Waals surface area contributed by atoms with E-state index in [0.29, 0.717) is 29.1 Å². The summed E-state index contributed by atoms with van der Waals surface area (Å²) in [6.45, 7) is 4.63. The maximum absolute atomic E-state index is 11.7. The molecule has 0 N–H and O–H groups in total. The minimum absolute atomic E-state index is 0.337. The molecule has 0 saturated carbocycles. The Morgan fingerprint density at radius 3 is 2.78 bits per heavy atom. The van der Waals surface area contributed by atoms with Gasteiger partial charge in [-0.25, -0.2) is 9.59 Å². The minimum Gasteiger partial charge on any atom is -0.465 e. The van der Waals surface area contributed by atoms with Crippen LogP contribution in [0.15, 0.2) is 27.4 Å². The monoisotopic (exact) mass is 249 g/mol. The highest BCUT2D eigenvalue weighted by Gasteiger charge is 2.13. The lowest BCUT2D eigenvalue weighted by Gasteiger charge is -2.05. The normalized spacial score (nSPS) is 11.1.